The third-order valence-electron chi connectivity index (χ3n) is 4.74. The third kappa shape index (κ3) is 3.90. The molecule has 1 aliphatic heterocycles. The lowest BCUT2D eigenvalue weighted by atomic mass is 9.83. The lowest BCUT2D eigenvalue weighted by molar-refractivity contribution is 0.303. The SMILES string of the molecule is O=S1(=O)Cc2ccccc2CS(=O)(=O)C[C@H]2CCC[C@H](C2)C1. The van der Waals surface area contributed by atoms with Crippen LogP contribution in [0, 0.1) is 11.8 Å². The van der Waals surface area contributed by atoms with E-state index < -0.39 is 19.7 Å². The Morgan fingerprint density at radius 3 is 1.68 bits per heavy atom. The van der Waals surface area contributed by atoms with Gasteiger partial charge in [0.2, 0.25) is 0 Å². The summed E-state index contributed by atoms with van der Waals surface area (Å²) in [5, 5.41) is 0. The van der Waals surface area contributed by atoms with Crippen LogP contribution in [-0.2, 0) is 31.2 Å². The van der Waals surface area contributed by atoms with Crippen LogP contribution in [0.1, 0.15) is 36.8 Å². The van der Waals surface area contributed by atoms with E-state index in [1.807, 2.05) is 0 Å². The van der Waals surface area contributed by atoms with Crippen molar-refractivity contribution < 1.29 is 16.8 Å². The number of benzene rings is 1. The lowest BCUT2D eigenvalue weighted by Gasteiger charge is -2.28. The van der Waals surface area contributed by atoms with Crippen LogP contribution in [-0.4, -0.2) is 28.3 Å². The van der Waals surface area contributed by atoms with Gasteiger partial charge in [-0.2, -0.15) is 0 Å². The zero-order valence-electron chi connectivity index (χ0n) is 12.6. The van der Waals surface area contributed by atoms with Crippen molar-refractivity contribution in [1.82, 2.24) is 0 Å². The normalized spacial score (nSPS) is 30.7. The van der Waals surface area contributed by atoms with Gasteiger partial charge >= 0.3 is 0 Å². The number of rotatable bonds is 0. The smallest absolute Gasteiger partial charge is 0.154 e. The third-order valence-corrected chi connectivity index (χ3v) is 8.20. The Kier molecular flexibility index (Phi) is 4.34. The van der Waals surface area contributed by atoms with Crippen LogP contribution in [0.2, 0.25) is 0 Å². The summed E-state index contributed by atoms with van der Waals surface area (Å²) in [6, 6.07) is 7.04. The van der Waals surface area contributed by atoms with E-state index in [9.17, 15) is 16.8 Å². The molecule has 1 aromatic rings. The van der Waals surface area contributed by atoms with Crippen LogP contribution in [0.15, 0.2) is 24.3 Å². The molecule has 2 aliphatic rings. The topological polar surface area (TPSA) is 68.3 Å². The Labute approximate surface area is 132 Å². The van der Waals surface area contributed by atoms with Gasteiger partial charge in [-0.05, 0) is 42.2 Å². The Balaban J connectivity index is 2.02. The van der Waals surface area contributed by atoms with E-state index in [-0.39, 0.29) is 34.8 Å². The Morgan fingerprint density at radius 2 is 1.23 bits per heavy atom. The highest BCUT2D eigenvalue weighted by molar-refractivity contribution is 7.91. The Hall–Kier alpha value is -0.880. The second-order valence-electron chi connectivity index (χ2n) is 6.78. The molecule has 0 spiro atoms. The summed E-state index contributed by atoms with van der Waals surface area (Å²) < 4.78 is 49.9. The number of fused-ring (bicyclic) bond motifs is 3. The molecule has 0 amide bonds. The molecule has 1 aliphatic carbocycles. The fourth-order valence-electron chi connectivity index (χ4n) is 3.85. The maximum absolute atomic E-state index is 12.5. The van der Waals surface area contributed by atoms with Gasteiger partial charge in [0.05, 0.1) is 23.0 Å². The number of sulfone groups is 2. The molecule has 2 atom stereocenters. The first kappa shape index (κ1) is 16.0. The van der Waals surface area contributed by atoms with Crippen LogP contribution in [0.3, 0.4) is 0 Å². The molecule has 0 unspecified atom stereocenters. The van der Waals surface area contributed by atoms with E-state index in [2.05, 4.69) is 0 Å². The zero-order chi connectivity index (χ0) is 15.8. The highest BCUT2D eigenvalue weighted by atomic mass is 32.2. The van der Waals surface area contributed by atoms with E-state index in [1.54, 1.807) is 24.3 Å². The molecule has 0 radical (unpaired) electrons. The predicted octanol–water partition coefficient (Wildman–Crippen LogP) is 2.34. The van der Waals surface area contributed by atoms with Crippen molar-refractivity contribution in [3.05, 3.63) is 35.4 Å². The van der Waals surface area contributed by atoms with Crippen LogP contribution >= 0.6 is 0 Å². The van der Waals surface area contributed by atoms with E-state index in [1.165, 1.54) is 0 Å². The Bertz CT molecular complexity index is 687. The van der Waals surface area contributed by atoms with Crippen LogP contribution in [0.25, 0.3) is 0 Å². The minimum atomic E-state index is -3.19. The van der Waals surface area contributed by atoms with Crippen molar-refractivity contribution >= 4 is 19.7 Å². The van der Waals surface area contributed by atoms with Gasteiger partial charge in [-0.1, -0.05) is 30.7 Å². The standard InChI is InChI=1S/C16H22O4S2/c17-21(18)9-13-4-3-5-14(8-13)10-22(19,20)12-16-7-2-1-6-15(16)11-21/h1-2,6-7,13-14H,3-5,8-12H2/t13-,14+. The first-order chi connectivity index (χ1) is 10.3. The molecule has 0 aromatic heterocycles. The minimum absolute atomic E-state index is 0.0418. The van der Waals surface area contributed by atoms with Crippen molar-refractivity contribution in [2.24, 2.45) is 11.8 Å². The first-order valence-corrected chi connectivity index (χ1v) is 11.4. The fourth-order valence-corrected chi connectivity index (χ4v) is 7.64. The molecular formula is C16H22O4S2. The van der Waals surface area contributed by atoms with Gasteiger partial charge in [0.25, 0.3) is 0 Å². The highest BCUT2D eigenvalue weighted by Crippen LogP contribution is 2.33. The summed E-state index contributed by atoms with van der Waals surface area (Å²) in [4.78, 5) is 0. The van der Waals surface area contributed by atoms with Gasteiger partial charge in [-0.25, -0.2) is 16.8 Å². The molecule has 122 valence electrons. The molecule has 1 heterocycles. The quantitative estimate of drug-likeness (QED) is 0.726. The summed E-state index contributed by atoms with van der Waals surface area (Å²) in [6.07, 6.45) is 3.47. The van der Waals surface area contributed by atoms with Gasteiger partial charge in [0.15, 0.2) is 19.7 Å². The van der Waals surface area contributed by atoms with Crippen molar-refractivity contribution in [1.29, 1.82) is 0 Å². The minimum Gasteiger partial charge on any atom is -0.228 e. The fraction of sp³-hybridized carbons (Fsp3) is 0.625. The second-order valence-corrected chi connectivity index (χ2v) is 11.0. The second kappa shape index (κ2) is 5.96. The molecule has 3 rings (SSSR count). The van der Waals surface area contributed by atoms with E-state index in [0.717, 1.165) is 25.7 Å². The summed E-state index contributed by atoms with van der Waals surface area (Å²) in [5.41, 5.74) is 1.28. The maximum Gasteiger partial charge on any atom is 0.154 e. The molecule has 2 bridgehead atoms. The first-order valence-electron chi connectivity index (χ1n) is 7.81. The summed E-state index contributed by atoms with van der Waals surface area (Å²) in [6.45, 7) is 0. The van der Waals surface area contributed by atoms with Crippen LogP contribution in [0.5, 0.6) is 0 Å². The molecule has 0 N–H and O–H groups in total. The number of hydrogen-bond donors (Lipinski definition) is 0. The van der Waals surface area contributed by atoms with Crippen molar-refractivity contribution in [3.63, 3.8) is 0 Å². The monoisotopic (exact) mass is 342 g/mol. The number of hydrogen-bond acceptors (Lipinski definition) is 4. The predicted molar refractivity (Wildman–Crippen MR) is 86.9 cm³/mol. The van der Waals surface area contributed by atoms with E-state index in [0.29, 0.717) is 11.1 Å². The summed E-state index contributed by atoms with van der Waals surface area (Å²) >= 11 is 0. The zero-order valence-corrected chi connectivity index (χ0v) is 14.2. The van der Waals surface area contributed by atoms with Gasteiger partial charge in [0.1, 0.15) is 0 Å². The lowest BCUT2D eigenvalue weighted by Crippen LogP contribution is -2.27. The average Bonchev–Trinajstić information content (AvgIpc) is 2.39. The van der Waals surface area contributed by atoms with Crippen LogP contribution in [0.4, 0.5) is 0 Å². The highest BCUT2D eigenvalue weighted by Gasteiger charge is 2.31. The van der Waals surface area contributed by atoms with E-state index in [4.69, 9.17) is 0 Å². The summed E-state index contributed by atoms with van der Waals surface area (Å²) in [5.74, 6) is 0.531. The molecule has 0 saturated heterocycles. The van der Waals surface area contributed by atoms with Gasteiger partial charge in [-0.3, -0.25) is 0 Å². The van der Waals surface area contributed by atoms with Crippen molar-refractivity contribution in [2.75, 3.05) is 11.5 Å². The van der Waals surface area contributed by atoms with Crippen molar-refractivity contribution in [2.45, 2.75) is 37.2 Å². The Morgan fingerprint density at radius 1 is 0.773 bits per heavy atom. The van der Waals surface area contributed by atoms with Gasteiger partial charge < -0.3 is 0 Å². The van der Waals surface area contributed by atoms with Gasteiger partial charge in [-0.15, -0.1) is 0 Å². The van der Waals surface area contributed by atoms with Crippen molar-refractivity contribution in [3.8, 4) is 0 Å². The molecule has 4 nitrogen and oxygen atoms in total. The molecular weight excluding hydrogens is 320 g/mol. The molecule has 6 heteroatoms. The summed E-state index contributed by atoms with van der Waals surface area (Å²) in [7, 11) is -6.39. The molecule has 1 saturated carbocycles. The van der Waals surface area contributed by atoms with Crippen LogP contribution < -0.4 is 0 Å². The maximum atomic E-state index is 12.5. The average molecular weight is 342 g/mol. The molecule has 1 aromatic carbocycles. The molecule has 22 heavy (non-hydrogen) atoms. The van der Waals surface area contributed by atoms with Gasteiger partial charge in [0, 0.05) is 0 Å². The van der Waals surface area contributed by atoms with E-state index >= 15 is 0 Å². The molecule has 1 fully saturated rings. The largest absolute Gasteiger partial charge is 0.228 e.